The SMILES string of the molecule is O=C(N[C@H]1CC(=O)N(c2ccc(Cl)cc2)C1)c1ccc(F)c(F)c1. The van der Waals surface area contributed by atoms with Gasteiger partial charge in [0, 0.05) is 29.2 Å². The molecular formula is C17H13ClF2N2O2. The predicted octanol–water partition coefficient (Wildman–Crippen LogP) is 3.15. The van der Waals surface area contributed by atoms with E-state index in [0.717, 1.165) is 12.1 Å². The van der Waals surface area contributed by atoms with Gasteiger partial charge in [0.2, 0.25) is 5.91 Å². The number of benzene rings is 2. The number of carbonyl (C=O) groups is 2. The molecule has 0 bridgehead atoms. The summed E-state index contributed by atoms with van der Waals surface area (Å²) in [6.07, 6.45) is 0.137. The molecule has 124 valence electrons. The van der Waals surface area contributed by atoms with Crippen molar-refractivity contribution in [2.24, 2.45) is 0 Å². The summed E-state index contributed by atoms with van der Waals surface area (Å²) >= 11 is 5.83. The molecule has 1 saturated heterocycles. The van der Waals surface area contributed by atoms with Gasteiger partial charge in [-0.3, -0.25) is 9.59 Å². The van der Waals surface area contributed by atoms with Crippen molar-refractivity contribution in [1.29, 1.82) is 0 Å². The second kappa shape index (κ2) is 6.57. The number of anilines is 1. The van der Waals surface area contributed by atoms with E-state index >= 15 is 0 Å². The van der Waals surface area contributed by atoms with E-state index in [9.17, 15) is 18.4 Å². The molecule has 2 amide bonds. The first kappa shape index (κ1) is 16.4. The molecule has 0 aromatic heterocycles. The maximum atomic E-state index is 13.2. The van der Waals surface area contributed by atoms with E-state index in [-0.39, 0.29) is 17.9 Å². The van der Waals surface area contributed by atoms with Gasteiger partial charge >= 0.3 is 0 Å². The summed E-state index contributed by atoms with van der Waals surface area (Å²) in [4.78, 5) is 25.8. The van der Waals surface area contributed by atoms with Gasteiger partial charge in [0.05, 0.1) is 6.04 Å². The standard InChI is InChI=1S/C17H13ClF2N2O2/c18-11-2-4-13(5-3-11)22-9-12(8-16(22)23)21-17(24)10-1-6-14(19)15(20)7-10/h1-7,12H,8-9H2,(H,21,24)/t12-/m0/s1. The first-order valence-electron chi connectivity index (χ1n) is 7.26. The van der Waals surface area contributed by atoms with Crippen LogP contribution in [0.5, 0.6) is 0 Å². The number of nitrogens with one attached hydrogen (secondary N) is 1. The molecule has 3 rings (SSSR count). The second-order valence-corrected chi connectivity index (χ2v) is 5.92. The highest BCUT2D eigenvalue weighted by molar-refractivity contribution is 6.30. The van der Waals surface area contributed by atoms with Gasteiger partial charge in [-0.2, -0.15) is 0 Å². The minimum absolute atomic E-state index is 0.00583. The largest absolute Gasteiger partial charge is 0.347 e. The van der Waals surface area contributed by atoms with E-state index in [1.54, 1.807) is 29.2 Å². The summed E-state index contributed by atoms with van der Waals surface area (Å²) in [6.45, 7) is 0.301. The zero-order chi connectivity index (χ0) is 17.3. The van der Waals surface area contributed by atoms with Crippen LogP contribution >= 0.6 is 11.6 Å². The Morgan fingerprint density at radius 2 is 1.83 bits per heavy atom. The minimum atomic E-state index is -1.09. The molecule has 1 aliphatic heterocycles. The number of hydrogen-bond acceptors (Lipinski definition) is 2. The van der Waals surface area contributed by atoms with Crippen molar-refractivity contribution in [3.05, 3.63) is 64.7 Å². The topological polar surface area (TPSA) is 49.4 Å². The molecule has 1 N–H and O–H groups in total. The molecule has 1 heterocycles. The molecule has 24 heavy (non-hydrogen) atoms. The maximum absolute atomic E-state index is 13.2. The third-order valence-electron chi connectivity index (χ3n) is 3.78. The first-order chi connectivity index (χ1) is 11.4. The van der Waals surface area contributed by atoms with Crippen LogP contribution in [-0.4, -0.2) is 24.4 Å². The summed E-state index contributed by atoms with van der Waals surface area (Å²) in [5.74, 6) is -2.79. The smallest absolute Gasteiger partial charge is 0.251 e. The number of halogens is 3. The predicted molar refractivity (Wildman–Crippen MR) is 86.0 cm³/mol. The van der Waals surface area contributed by atoms with Gasteiger partial charge in [-0.25, -0.2) is 8.78 Å². The molecule has 4 nitrogen and oxygen atoms in total. The normalized spacial score (nSPS) is 17.2. The van der Waals surface area contributed by atoms with Crippen molar-refractivity contribution in [1.82, 2.24) is 5.32 Å². The van der Waals surface area contributed by atoms with Crippen LogP contribution in [0.15, 0.2) is 42.5 Å². The van der Waals surface area contributed by atoms with Crippen molar-refractivity contribution in [3.8, 4) is 0 Å². The fraction of sp³-hybridized carbons (Fsp3) is 0.176. The highest BCUT2D eigenvalue weighted by Crippen LogP contribution is 2.23. The molecule has 1 fully saturated rings. The Morgan fingerprint density at radius 3 is 2.50 bits per heavy atom. The lowest BCUT2D eigenvalue weighted by atomic mass is 10.1. The van der Waals surface area contributed by atoms with Crippen molar-refractivity contribution in [3.63, 3.8) is 0 Å². The summed E-state index contributed by atoms with van der Waals surface area (Å²) < 4.78 is 26.1. The average Bonchev–Trinajstić information content (AvgIpc) is 2.91. The van der Waals surface area contributed by atoms with Crippen LogP contribution in [0.1, 0.15) is 16.8 Å². The number of rotatable bonds is 3. The molecule has 7 heteroatoms. The number of nitrogens with zero attached hydrogens (tertiary/aromatic N) is 1. The Balaban J connectivity index is 1.68. The number of amides is 2. The van der Waals surface area contributed by atoms with Crippen molar-refractivity contribution in [2.75, 3.05) is 11.4 Å². The molecule has 0 radical (unpaired) electrons. The van der Waals surface area contributed by atoms with E-state index in [2.05, 4.69) is 5.32 Å². The quantitative estimate of drug-likeness (QED) is 0.924. The van der Waals surface area contributed by atoms with Crippen LogP contribution in [0.4, 0.5) is 14.5 Å². The van der Waals surface area contributed by atoms with Crippen molar-refractivity contribution >= 4 is 29.1 Å². The van der Waals surface area contributed by atoms with Gasteiger partial charge in [-0.15, -0.1) is 0 Å². The Morgan fingerprint density at radius 1 is 1.12 bits per heavy atom. The number of carbonyl (C=O) groups excluding carboxylic acids is 2. The number of hydrogen-bond donors (Lipinski definition) is 1. The highest BCUT2D eigenvalue weighted by atomic mass is 35.5. The summed E-state index contributed by atoms with van der Waals surface area (Å²) in [7, 11) is 0. The van der Waals surface area contributed by atoms with Crippen LogP contribution < -0.4 is 10.2 Å². The molecule has 0 saturated carbocycles. The molecule has 0 unspecified atom stereocenters. The molecular weight excluding hydrogens is 338 g/mol. The third kappa shape index (κ3) is 3.38. The van der Waals surface area contributed by atoms with Crippen LogP contribution in [0.3, 0.4) is 0 Å². The van der Waals surface area contributed by atoms with Gasteiger partial charge in [-0.1, -0.05) is 11.6 Å². The highest BCUT2D eigenvalue weighted by Gasteiger charge is 2.31. The van der Waals surface area contributed by atoms with E-state index in [1.807, 2.05) is 0 Å². The zero-order valence-corrected chi connectivity index (χ0v) is 13.2. The molecule has 0 aliphatic carbocycles. The summed E-state index contributed by atoms with van der Waals surface area (Å²) in [5.41, 5.74) is 0.695. The van der Waals surface area contributed by atoms with E-state index in [0.29, 0.717) is 17.3 Å². The molecule has 2 aromatic carbocycles. The Labute approximate surface area is 142 Å². The Hall–Kier alpha value is -2.47. The molecule has 1 aliphatic rings. The lowest BCUT2D eigenvalue weighted by molar-refractivity contribution is -0.117. The minimum Gasteiger partial charge on any atom is -0.347 e. The van der Waals surface area contributed by atoms with Crippen LogP contribution in [-0.2, 0) is 4.79 Å². The zero-order valence-electron chi connectivity index (χ0n) is 12.4. The van der Waals surface area contributed by atoms with Gasteiger partial charge in [0.15, 0.2) is 11.6 Å². The molecule has 0 spiro atoms. The van der Waals surface area contributed by atoms with Gasteiger partial charge in [0.1, 0.15) is 0 Å². The Bertz CT molecular complexity index is 796. The van der Waals surface area contributed by atoms with E-state index in [4.69, 9.17) is 11.6 Å². The van der Waals surface area contributed by atoms with E-state index < -0.39 is 23.6 Å². The lowest BCUT2D eigenvalue weighted by Gasteiger charge is -2.17. The Kier molecular flexibility index (Phi) is 4.49. The fourth-order valence-electron chi connectivity index (χ4n) is 2.58. The summed E-state index contributed by atoms with van der Waals surface area (Å²) in [6, 6.07) is 9.31. The van der Waals surface area contributed by atoms with Gasteiger partial charge in [0.25, 0.3) is 5.91 Å². The summed E-state index contributed by atoms with van der Waals surface area (Å²) in [5, 5.41) is 3.23. The van der Waals surface area contributed by atoms with Crippen molar-refractivity contribution < 1.29 is 18.4 Å². The molecule has 2 aromatic rings. The van der Waals surface area contributed by atoms with Crippen LogP contribution in [0.2, 0.25) is 5.02 Å². The monoisotopic (exact) mass is 350 g/mol. The third-order valence-corrected chi connectivity index (χ3v) is 4.03. The lowest BCUT2D eigenvalue weighted by Crippen LogP contribution is -2.37. The van der Waals surface area contributed by atoms with Gasteiger partial charge in [-0.05, 0) is 42.5 Å². The maximum Gasteiger partial charge on any atom is 0.251 e. The van der Waals surface area contributed by atoms with Crippen LogP contribution in [0.25, 0.3) is 0 Å². The van der Waals surface area contributed by atoms with E-state index in [1.165, 1.54) is 6.07 Å². The average molecular weight is 351 g/mol. The van der Waals surface area contributed by atoms with Crippen molar-refractivity contribution in [2.45, 2.75) is 12.5 Å². The molecule has 1 atom stereocenters. The van der Waals surface area contributed by atoms with Gasteiger partial charge < -0.3 is 10.2 Å². The second-order valence-electron chi connectivity index (χ2n) is 5.48. The van der Waals surface area contributed by atoms with Crippen LogP contribution in [0, 0.1) is 11.6 Å². The first-order valence-corrected chi connectivity index (χ1v) is 7.63. The fourth-order valence-corrected chi connectivity index (χ4v) is 2.71.